The number of carbonyl (C=O) groups is 2. The molecule has 0 bridgehead atoms. The van der Waals surface area contributed by atoms with Crippen LogP contribution in [-0.2, 0) is 22.2 Å². The fraction of sp³-hybridized carbons (Fsp3) is 0.263. The van der Waals surface area contributed by atoms with Crippen molar-refractivity contribution in [3.63, 3.8) is 0 Å². The molecule has 1 aliphatic heterocycles. The number of ether oxygens (including phenoxy) is 1. The predicted octanol–water partition coefficient (Wildman–Crippen LogP) is 3.63. The lowest BCUT2D eigenvalue weighted by Crippen LogP contribution is -2.25. The maximum Gasteiger partial charge on any atom is 0.419 e. The van der Waals surface area contributed by atoms with Crippen LogP contribution in [0.5, 0.6) is 5.75 Å². The second-order valence-corrected chi connectivity index (χ2v) is 6.09. The highest BCUT2D eigenvalue weighted by Crippen LogP contribution is 2.36. The molecular formula is C19H17F3N2O3. The van der Waals surface area contributed by atoms with Crippen LogP contribution in [0, 0.1) is 0 Å². The summed E-state index contributed by atoms with van der Waals surface area (Å²) in [6, 6.07) is 9.85. The van der Waals surface area contributed by atoms with Gasteiger partial charge in [0.15, 0.2) is 6.61 Å². The van der Waals surface area contributed by atoms with E-state index in [9.17, 15) is 22.8 Å². The van der Waals surface area contributed by atoms with E-state index in [4.69, 9.17) is 4.74 Å². The van der Waals surface area contributed by atoms with Crippen LogP contribution in [0.3, 0.4) is 0 Å². The second-order valence-electron chi connectivity index (χ2n) is 6.09. The number of para-hydroxylation sites is 1. The molecule has 1 N–H and O–H groups in total. The summed E-state index contributed by atoms with van der Waals surface area (Å²) in [7, 11) is 0. The summed E-state index contributed by atoms with van der Waals surface area (Å²) in [4.78, 5) is 25.2. The van der Waals surface area contributed by atoms with Crippen molar-refractivity contribution in [2.75, 3.05) is 23.4 Å². The van der Waals surface area contributed by atoms with Crippen molar-refractivity contribution in [3.8, 4) is 5.75 Å². The van der Waals surface area contributed by atoms with Crippen molar-refractivity contribution in [2.24, 2.45) is 0 Å². The van der Waals surface area contributed by atoms with Crippen LogP contribution >= 0.6 is 0 Å². The fourth-order valence-corrected chi connectivity index (χ4v) is 2.97. The van der Waals surface area contributed by atoms with Crippen molar-refractivity contribution >= 4 is 23.2 Å². The zero-order chi connectivity index (χ0) is 19.6. The fourth-order valence-electron chi connectivity index (χ4n) is 2.97. The molecular weight excluding hydrogens is 361 g/mol. The molecule has 0 saturated heterocycles. The predicted molar refractivity (Wildman–Crippen MR) is 93.7 cm³/mol. The number of fused-ring (bicyclic) bond motifs is 1. The number of benzene rings is 2. The van der Waals surface area contributed by atoms with Gasteiger partial charge < -0.3 is 15.0 Å². The van der Waals surface area contributed by atoms with Gasteiger partial charge in [0.25, 0.3) is 5.91 Å². The van der Waals surface area contributed by atoms with Crippen molar-refractivity contribution in [2.45, 2.75) is 19.5 Å². The van der Waals surface area contributed by atoms with Crippen LogP contribution in [0.15, 0.2) is 42.5 Å². The van der Waals surface area contributed by atoms with Gasteiger partial charge in [-0.1, -0.05) is 12.1 Å². The zero-order valence-corrected chi connectivity index (χ0v) is 14.5. The number of alkyl halides is 3. The summed E-state index contributed by atoms with van der Waals surface area (Å²) in [6.07, 6.45) is -3.89. The van der Waals surface area contributed by atoms with Gasteiger partial charge in [-0.3, -0.25) is 9.59 Å². The normalized spacial score (nSPS) is 13.3. The molecule has 0 unspecified atom stereocenters. The molecule has 0 saturated carbocycles. The summed E-state index contributed by atoms with van der Waals surface area (Å²) in [5, 5.41) is 2.60. The molecule has 2 aromatic carbocycles. The van der Waals surface area contributed by atoms with E-state index in [-0.39, 0.29) is 5.91 Å². The lowest BCUT2D eigenvalue weighted by atomic mass is 10.1. The largest absolute Gasteiger partial charge is 0.483 e. The molecule has 0 aromatic heterocycles. The first kappa shape index (κ1) is 18.8. The van der Waals surface area contributed by atoms with Crippen LogP contribution in [-0.4, -0.2) is 25.0 Å². The van der Waals surface area contributed by atoms with Crippen LogP contribution in [0.2, 0.25) is 0 Å². The van der Waals surface area contributed by atoms with E-state index >= 15 is 0 Å². The lowest BCUT2D eigenvalue weighted by Gasteiger charge is -2.15. The Hall–Kier alpha value is -3.03. The molecule has 27 heavy (non-hydrogen) atoms. The Morgan fingerprint density at radius 2 is 1.93 bits per heavy atom. The summed E-state index contributed by atoms with van der Waals surface area (Å²) < 4.78 is 43.8. The SMILES string of the molecule is CC(=O)N1CCc2cc(NC(=O)COc3ccccc3C(F)(F)F)ccc21. The van der Waals surface area contributed by atoms with Crippen LogP contribution in [0.25, 0.3) is 0 Å². The Kier molecular flexibility index (Phi) is 5.07. The van der Waals surface area contributed by atoms with E-state index in [1.54, 1.807) is 23.1 Å². The highest BCUT2D eigenvalue weighted by Gasteiger charge is 2.34. The zero-order valence-electron chi connectivity index (χ0n) is 14.5. The van der Waals surface area contributed by atoms with E-state index in [2.05, 4.69) is 5.32 Å². The third-order valence-corrected chi connectivity index (χ3v) is 4.19. The van der Waals surface area contributed by atoms with E-state index in [1.807, 2.05) is 0 Å². The van der Waals surface area contributed by atoms with E-state index in [0.717, 1.165) is 17.3 Å². The van der Waals surface area contributed by atoms with Gasteiger partial charge in [0.05, 0.1) is 5.56 Å². The summed E-state index contributed by atoms with van der Waals surface area (Å²) in [5.41, 5.74) is 1.29. The minimum Gasteiger partial charge on any atom is -0.483 e. The summed E-state index contributed by atoms with van der Waals surface area (Å²) in [6.45, 7) is 1.52. The number of hydrogen-bond acceptors (Lipinski definition) is 3. The van der Waals surface area contributed by atoms with Gasteiger partial charge in [0.2, 0.25) is 5.91 Å². The van der Waals surface area contributed by atoms with Gasteiger partial charge in [0.1, 0.15) is 5.75 Å². The van der Waals surface area contributed by atoms with E-state index in [0.29, 0.717) is 18.7 Å². The molecule has 2 aromatic rings. The average molecular weight is 378 g/mol. The molecule has 0 aliphatic carbocycles. The smallest absolute Gasteiger partial charge is 0.419 e. The molecule has 1 heterocycles. The minimum atomic E-state index is -4.56. The number of anilines is 2. The van der Waals surface area contributed by atoms with Gasteiger partial charge in [-0.2, -0.15) is 13.2 Å². The lowest BCUT2D eigenvalue weighted by molar-refractivity contribution is -0.139. The van der Waals surface area contributed by atoms with Crippen LogP contribution in [0.4, 0.5) is 24.5 Å². The average Bonchev–Trinajstić information content (AvgIpc) is 3.03. The Morgan fingerprint density at radius 1 is 1.19 bits per heavy atom. The quantitative estimate of drug-likeness (QED) is 0.884. The molecule has 0 radical (unpaired) electrons. The van der Waals surface area contributed by atoms with Gasteiger partial charge in [-0.25, -0.2) is 0 Å². The van der Waals surface area contributed by atoms with Crippen molar-refractivity contribution in [1.29, 1.82) is 0 Å². The van der Waals surface area contributed by atoms with Crippen molar-refractivity contribution < 1.29 is 27.5 Å². The van der Waals surface area contributed by atoms with Crippen molar-refractivity contribution in [3.05, 3.63) is 53.6 Å². The highest BCUT2D eigenvalue weighted by molar-refractivity contribution is 5.95. The third kappa shape index (κ3) is 4.21. The topological polar surface area (TPSA) is 58.6 Å². The first-order valence-electron chi connectivity index (χ1n) is 8.25. The molecule has 2 amide bonds. The molecule has 0 atom stereocenters. The second kappa shape index (κ2) is 7.30. The van der Waals surface area contributed by atoms with Gasteiger partial charge in [-0.05, 0) is 42.3 Å². The number of amides is 2. The Morgan fingerprint density at radius 3 is 2.63 bits per heavy atom. The minimum absolute atomic E-state index is 0.0535. The first-order valence-corrected chi connectivity index (χ1v) is 8.25. The van der Waals surface area contributed by atoms with Gasteiger partial charge >= 0.3 is 6.18 Å². The van der Waals surface area contributed by atoms with E-state index < -0.39 is 30.0 Å². The number of halogens is 3. The third-order valence-electron chi connectivity index (χ3n) is 4.19. The maximum atomic E-state index is 12.9. The van der Waals surface area contributed by atoms with Crippen molar-refractivity contribution in [1.82, 2.24) is 0 Å². The number of nitrogens with one attached hydrogen (secondary N) is 1. The van der Waals surface area contributed by atoms with Gasteiger partial charge in [0, 0.05) is 24.8 Å². The number of carbonyl (C=O) groups excluding carboxylic acids is 2. The number of nitrogens with zero attached hydrogens (tertiary/aromatic N) is 1. The molecule has 0 spiro atoms. The highest BCUT2D eigenvalue weighted by atomic mass is 19.4. The Labute approximate surface area is 153 Å². The molecule has 0 fully saturated rings. The van der Waals surface area contributed by atoms with Crippen LogP contribution < -0.4 is 15.0 Å². The molecule has 142 valence electrons. The molecule has 5 nitrogen and oxygen atoms in total. The molecule has 8 heteroatoms. The Balaban J connectivity index is 1.64. The number of hydrogen-bond donors (Lipinski definition) is 1. The maximum absolute atomic E-state index is 12.9. The number of rotatable bonds is 4. The van der Waals surface area contributed by atoms with Crippen LogP contribution in [0.1, 0.15) is 18.1 Å². The first-order chi connectivity index (χ1) is 12.8. The Bertz CT molecular complexity index is 881. The summed E-state index contributed by atoms with van der Waals surface area (Å²) >= 11 is 0. The van der Waals surface area contributed by atoms with E-state index in [1.165, 1.54) is 25.1 Å². The molecule has 3 rings (SSSR count). The summed E-state index contributed by atoms with van der Waals surface area (Å²) in [5.74, 6) is -1.03. The standard InChI is InChI=1S/C19H17F3N2O3/c1-12(25)24-9-8-13-10-14(6-7-16(13)24)23-18(26)11-27-17-5-3-2-4-15(17)19(20,21)22/h2-7,10H,8-9,11H2,1H3,(H,23,26). The molecule has 1 aliphatic rings. The monoisotopic (exact) mass is 378 g/mol. The van der Waals surface area contributed by atoms with Gasteiger partial charge in [-0.15, -0.1) is 0 Å².